The van der Waals surface area contributed by atoms with E-state index in [9.17, 15) is 4.79 Å². The Kier molecular flexibility index (Phi) is 3.89. The second-order valence-electron chi connectivity index (χ2n) is 5.49. The van der Waals surface area contributed by atoms with Gasteiger partial charge in [-0.2, -0.15) is 4.98 Å². The lowest BCUT2D eigenvalue weighted by Crippen LogP contribution is -2.10. The van der Waals surface area contributed by atoms with Crippen molar-refractivity contribution < 1.29 is 9.32 Å². The molecule has 0 radical (unpaired) electrons. The summed E-state index contributed by atoms with van der Waals surface area (Å²) < 4.78 is 5.25. The van der Waals surface area contributed by atoms with Crippen LogP contribution in [0, 0.1) is 0 Å². The van der Waals surface area contributed by atoms with Gasteiger partial charge in [0.25, 0.3) is 5.89 Å². The van der Waals surface area contributed by atoms with Crippen molar-refractivity contribution in [3.05, 3.63) is 54.0 Å². The molecule has 0 atom stereocenters. The van der Waals surface area contributed by atoms with Crippen LogP contribution >= 0.6 is 0 Å². The predicted octanol–water partition coefficient (Wildman–Crippen LogP) is 3.02. The number of carbonyl (C=O) groups is 1. The number of hydrogen-bond donors (Lipinski definition) is 1. The smallest absolute Gasteiger partial charge is 0.259 e. The van der Waals surface area contributed by atoms with E-state index in [4.69, 9.17) is 10.3 Å². The highest BCUT2D eigenvalue weighted by Gasteiger charge is 2.12. The summed E-state index contributed by atoms with van der Waals surface area (Å²) in [7, 11) is 0. The van der Waals surface area contributed by atoms with Gasteiger partial charge < -0.3 is 10.3 Å². The number of benzene rings is 1. The Bertz CT molecular complexity index is 821. The molecule has 0 unspecified atom stereocenters. The summed E-state index contributed by atoms with van der Waals surface area (Å²) in [5.74, 6) is 0.892. The Hall–Kier alpha value is -3.02. The molecule has 6 heteroatoms. The molecule has 2 aromatic heterocycles. The molecule has 6 nitrogen and oxygen atoms in total. The average Bonchev–Trinajstić information content (AvgIpc) is 3.05. The maximum absolute atomic E-state index is 11.1. The molecule has 0 spiro atoms. The maximum Gasteiger partial charge on any atom is 0.259 e. The monoisotopic (exact) mass is 308 g/mol. The molecule has 116 valence electrons. The molecule has 3 aromatic rings. The molecule has 0 aliphatic heterocycles. The van der Waals surface area contributed by atoms with Crippen LogP contribution in [-0.2, 0) is 0 Å². The van der Waals surface area contributed by atoms with Crippen LogP contribution in [0.4, 0.5) is 0 Å². The predicted molar refractivity (Wildman–Crippen MR) is 85.6 cm³/mol. The lowest BCUT2D eigenvalue weighted by atomic mass is 10.1. The van der Waals surface area contributed by atoms with Gasteiger partial charge in [-0.1, -0.05) is 31.1 Å². The number of aromatic nitrogens is 3. The number of carbonyl (C=O) groups excluding carboxylic acids is 1. The third kappa shape index (κ3) is 3.11. The Morgan fingerprint density at radius 2 is 1.78 bits per heavy atom. The fraction of sp³-hybridized carbons (Fsp3) is 0.176. The molecule has 2 heterocycles. The Balaban J connectivity index is 1.85. The van der Waals surface area contributed by atoms with Crippen molar-refractivity contribution in [1.82, 2.24) is 15.1 Å². The van der Waals surface area contributed by atoms with Gasteiger partial charge in [0.2, 0.25) is 5.91 Å². The summed E-state index contributed by atoms with van der Waals surface area (Å²) in [6.07, 6.45) is 1.69. The van der Waals surface area contributed by atoms with Crippen molar-refractivity contribution in [3.63, 3.8) is 0 Å². The molecule has 0 bridgehead atoms. The SMILES string of the molecule is CC(C)c1noc(-c2ccc(-c3ccc(C(N)=O)cc3)nc2)n1. The number of rotatable bonds is 4. The van der Waals surface area contributed by atoms with Crippen molar-refractivity contribution in [1.29, 1.82) is 0 Å². The molecule has 1 amide bonds. The molecular weight excluding hydrogens is 292 g/mol. The number of nitrogens with two attached hydrogens (primary N) is 1. The third-order valence-corrected chi connectivity index (χ3v) is 3.43. The van der Waals surface area contributed by atoms with Gasteiger partial charge in [0.1, 0.15) is 0 Å². The number of amides is 1. The van der Waals surface area contributed by atoms with E-state index in [1.807, 2.05) is 38.1 Å². The fourth-order valence-electron chi connectivity index (χ4n) is 2.08. The van der Waals surface area contributed by atoms with E-state index in [0.29, 0.717) is 17.3 Å². The van der Waals surface area contributed by atoms with Gasteiger partial charge in [0, 0.05) is 23.2 Å². The molecule has 0 aliphatic carbocycles. The van der Waals surface area contributed by atoms with Crippen LogP contribution in [0.25, 0.3) is 22.7 Å². The van der Waals surface area contributed by atoms with Crippen LogP contribution in [0.3, 0.4) is 0 Å². The fourth-order valence-corrected chi connectivity index (χ4v) is 2.08. The molecule has 23 heavy (non-hydrogen) atoms. The van der Waals surface area contributed by atoms with Crippen LogP contribution in [-0.4, -0.2) is 21.0 Å². The lowest BCUT2D eigenvalue weighted by Gasteiger charge is -2.02. The van der Waals surface area contributed by atoms with Crippen molar-refractivity contribution in [2.75, 3.05) is 0 Å². The van der Waals surface area contributed by atoms with Gasteiger partial charge >= 0.3 is 0 Å². The number of pyridine rings is 1. The van der Waals surface area contributed by atoms with Crippen LogP contribution in [0.1, 0.15) is 35.9 Å². The van der Waals surface area contributed by atoms with E-state index in [1.54, 1.807) is 18.3 Å². The highest BCUT2D eigenvalue weighted by Crippen LogP contribution is 2.23. The molecule has 0 aliphatic rings. The van der Waals surface area contributed by atoms with Crippen LogP contribution in [0.2, 0.25) is 0 Å². The van der Waals surface area contributed by atoms with E-state index >= 15 is 0 Å². The summed E-state index contributed by atoms with van der Waals surface area (Å²) in [6, 6.07) is 10.7. The summed E-state index contributed by atoms with van der Waals surface area (Å²) >= 11 is 0. The molecule has 3 rings (SSSR count). The summed E-state index contributed by atoms with van der Waals surface area (Å²) in [4.78, 5) is 19.8. The van der Waals surface area contributed by atoms with E-state index in [-0.39, 0.29) is 5.92 Å². The molecule has 1 aromatic carbocycles. The summed E-state index contributed by atoms with van der Waals surface area (Å²) in [5, 5.41) is 3.94. The second-order valence-corrected chi connectivity index (χ2v) is 5.49. The van der Waals surface area contributed by atoms with Gasteiger partial charge in [-0.25, -0.2) is 0 Å². The summed E-state index contributed by atoms with van der Waals surface area (Å²) in [5.41, 5.74) is 8.15. The average molecular weight is 308 g/mol. The Labute approximate surface area is 133 Å². The van der Waals surface area contributed by atoms with Crippen molar-refractivity contribution in [2.24, 2.45) is 5.73 Å². The number of hydrogen-bond acceptors (Lipinski definition) is 5. The minimum atomic E-state index is -0.447. The normalized spacial score (nSPS) is 10.9. The third-order valence-electron chi connectivity index (χ3n) is 3.43. The van der Waals surface area contributed by atoms with Crippen LogP contribution in [0.5, 0.6) is 0 Å². The van der Waals surface area contributed by atoms with Crippen molar-refractivity contribution >= 4 is 5.91 Å². The maximum atomic E-state index is 11.1. The van der Waals surface area contributed by atoms with Gasteiger partial charge in [-0.15, -0.1) is 0 Å². The highest BCUT2D eigenvalue weighted by molar-refractivity contribution is 5.93. The second kappa shape index (κ2) is 6.00. The first kappa shape index (κ1) is 14.9. The number of nitrogens with zero attached hydrogens (tertiary/aromatic N) is 3. The molecule has 0 saturated heterocycles. The first-order valence-corrected chi connectivity index (χ1v) is 7.25. The Morgan fingerprint density at radius 3 is 2.30 bits per heavy atom. The lowest BCUT2D eigenvalue weighted by molar-refractivity contribution is 0.100. The van der Waals surface area contributed by atoms with E-state index in [0.717, 1.165) is 16.8 Å². The zero-order valence-corrected chi connectivity index (χ0v) is 12.9. The van der Waals surface area contributed by atoms with Gasteiger partial charge in [-0.3, -0.25) is 9.78 Å². The zero-order chi connectivity index (χ0) is 16.4. The molecular formula is C17H16N4O2. The Morgan fingerprint density at radius 1 is 1.09 bits per heavy atom. The highest BCUT2D eigenvalue weighted by atomic mass is 16.5. The van der Waals surface area contributed by atoms with Gasteiger partial charge in [0.05, 0.1) is 11.3 Å². The quantitative estimate of drug-likeness (QED) is 0.799. The van der Waals surface area contributed by atoms with Crippen LogP contribution < -0.4 is 5.73 Å². The molecule has 0 fully saturated rings. The standard InChI is InChI=1S/C17H16N4O2/c1-10(2)16-20-17(23-21-16)13-7-8-14(19-9-13)11-3-5-12(6-4-11)15(18)22/h3-10H,1-2H3,(H2,18,22). The minimum Gasteiger partial charge on any atom is -0.366 e. The topological polar surface area (TPSA) is 94.9 Å². The molecule has 0 saturated carbocycles. The number of primary amides is 1. The van der Waals surface area contributed by atoms with E-state index in [2.05, 4.69) is 15.1 Å². The van der Waals surface area contributed by atoms with Gasteiger partial charge in [-0.05, 0) is 24.3 Å². The minimum absolute atomic E-state index is 0.212. The van der Waals surface area contributed by atoms with E-state index < -0.39 is 5.91 Å². The van der Waals surface area contributed by atoms with Gasteiger partial charge in [0.15, 0.2) is 5.82 Å². The largest absolute Gasteiger partial charge is 0.366 e. The van der Waals surface area contributed by atoms with E-state index in [1.165, 1.54) is 0 Å². The van der Waals surface area contributed by atoms with Crippen molar-refractivity contribution in [3.8, 4) is 22.7 Å². The first-order chi connectivity index (χ1) is 11.0. The molecule has 2 N–H and O–H groups in total. The summed E-state index contributed by atoms with van der Waals surface area (Å²) in [6.45, 7) is 4.01. The zero-order valence-electron chi connectivity index (χ0n) is 12.9. The van der Waals surface area contributed by atoms with Crippen LogP contribution in [0.15, 0.2) is 47.1 Å². The first-order valence-electron chi connectivity index (χ1n) is 7.25. The van der Waals surface area contributed by atoms with Crippen molar-refractivity contribution in [2.45, 2.75) is 19.8 Å².